The van der Waals surface area contributed by atoms with Crippen molar-refractivity contribution in [3.63, 3.8) is 0 Å². The maximum atomic E-state index is 11.8. The van der Waals surface area contributed by atoms with Gasteiger partial charge in [-0.05, 0) is 24.1 Å². The molecule has 1 aromatic carbocycles. The van der Waals surface area contributed by atoms with E-state index < -0.39 is 11.9 Å². The van der Waals surface area contributed by atoms with E-state index in [-0.39, 0.29) is 41.7 Å². The second-order valence-corrected chi connectivity index (χ2v) is 5.72. The Morgan fingerprint density at radius 2 is 1.88 bits per heavy atom. The Balaban J connectivity index is 0.00000529. The molecule has 0 fully saturated rings. The quantitative estimate of drug-likeness (QED) is 0.596. The second kappa shape index (κ2) is 10.1. The number of rotatable bonds is 6. The van der Waals surface area contributed by atoms with Crippen LogP contribution < -0.4 is 21.7 Å². The van der Waals surface area contributed by atoms with Gasteiger partial charge in [0.25, 0.3) is 5.91 Å². The predicted molar refractivity (Wildman–Crippen MR) is 96.5 cm³/mol. The molecule has 3 amide bonds. The number of anilines is 1. The summed E-state index contributed by atoms with van der Waals surface area (Å²) < 4.78 is 0. The molecule has 134 valence electrons. The molecule has 1 rings (SSSR count). The molecule has 1 atom stereocenters. The normalized spacial score (nSPS) is 11.2. The average molecular weight is 377 g/mol. The highest BCUT2D eigenvalue weighted by molar-refractivity contribution is 6.34. The topological polar surface area (TPSA) is 113 Å². The molecule has 5 N–H and O–H groups in total. The van der Waals surface area contributed by atoms with Crippen molar-refractivity contribution in [3.8, 4) is 0 Å². The van der Waals surface area contributed by atoms with E-state index in [2.05, 4.69) is 16.0 Å². The molecule has 0 radical (unpaired) electrons. The van der Waals surface area contributed by atoms with Crippen LogP contribution in [0.3, 0.4) is 0 Å². The Hall–Kier alpha value is -1.83. The van der Waals surface area contributed by atoms with E-state index in [0.29, 0.717) is 11.3 Å². The van der Waals surface area contributed by atoms with E-state index in [1.54, 1.807) is 6.07 Å². The lowest BCUT2D eigenvalue weighted by molar-refractivity contribution is -0.125. The van der Waals surface area contributed by atoms with E-state index in [0.717, 1.165) is 0 Å². The van der Waals surface area contributed by atoms with Crippen LogP contribution in [0.15, 0.2) is 18.2 Å². The minimum absolute atomic E-state index is 0. The maximum absolute atomic E-state index is 11.8. The first-order chi connectivity index (χ1) is 10.8. The number of hydrogen-bond acceptors (Lipinski definition) is 4. The zero-order chi connectivity index (χ0) is 17.6. The maximum Gasteiger partial charge on any atom is 0.252 e. The SMILES string of the molecule is CNC(=O)c1ccc(NC(=O)CNC(=O)[C@@H](N)C(C)C)cc1Cl.Cl. The summed E-state index contributed by atoms with van der Waals surface area (Å²) >= 11 is 5.99. The third-order valence-electron chi connectivity index (χ3n) is 3.17. The van der Waals surface area contributed by atoms with Gasteiger partial charge in [0, 0.05) is 12.7 Å². The van der Waals surface area contributed by atoms with E-state index in [4.69, 9.17) is 17.3 Å². The van der Waals surface area contributed by atoms with Gasteiger partial charge in [-0.25, -0.2) is 0 Å². The lowest BCUT2D eigenvalue weighted by Crippen LogP contribution is -2.46. The molecule has 0 saturated heterocycles. The highest BCUT2D eigenvalue weighted by Crippen LogP contribution is 2.20. The Labute approximate surface area is 152 Å². The van der Waals surface area contributed by atoms with Crippen LogP contribution in [-0.2, 0) is 9.59 Å². The summed E-state index contributed by atoms with van der Waals surface area (Å²) in [5.41, 5.74) is 6.41. The molecule has 0 aliphatic heterocycles. The van der Waals surface area contributed by atoms with E-state index in [9.17, 15) is 14.4 Å². The van der Waals surface area contributed by atoms with Gasteiger partial charge in [-0.15, -0.1) is 12.4 Å². The molecule has 1 aromatic rings. The molecule has 0 bridgehead atoms. The van der Waals surface area contributed by atoms with Crippen LogP contribution in [-0.4, -0.2) is 37.4 Å². The van der Waals surface area contributed by atoms with Crippen molar-refractivity contribution in [2.45, 2.75) is 19.9 Å². The number of hydrogen-bond donors (Lipinski definition) is 4. The molecular weight excluding hydrogens is 355 g/mol. The van der Waals surface area contributed by atoms with Gasteiger partial charge in [-0.1, -0.05) is 25.4 Å². The van der Waals surface area contributed by atoms with Crippen LogP contribution in [0.4, 0.5) is 5.69 Å². The highest BCUT2D eigenvalue weighted by Gasteiger charge is 2.17. The fraction of sp³-hybridized carbons (Fsp3) is 0.400. The first kappa shape index (κ1) is 22.2. The average Bonchev–Trinajstić information content (AvgIpc) is 2.51. The monoisotopic (exact) mass is 376 g/mol. The smallest absolute Gasteiger partial charge is 0.252 e. The first-order valence-corrected chi connectivity index (χ1v) is 7.48. The summed E-state index contributed by atoms with van der Waals surface area (Å²) in [6, 6.07) is 3.86. The van der Waals surface area contributed by atoms with E-state index in [1.807, 2.05) is 13.8 Å². The van der Waals surface area contributed by atoms with Crippen molar-refractivity contribution < 1.29 is 14.4 Å². The number of carbonyl (C=O) groups excluding carboxylic acids is 3. The largest absolute Gasteiger partial charge is 0.355 e. The van der Waals surface area contributed by atoms with Crippen molar-refractivity contribution >= 4 is 47.4 Å². The third kappa shape index (κ3) is 6.35. The summed E-state index contributed by atoms with van der Waals surface area (Å²) in [6.07, 6.45) is 0. The van der Waals surface area contributed by atoms with Gasteiger partial charge in [0.05, 0.1) is 23.2 Å². The van der Waals surface area contributed by atoms with Crippen LogP contribution in [0.1, 0.15) is 24.2 Å². The Kier molecular flexibility index (Phi) is 9.35. The van der Waals surface area contributed by atoms with Gasteiger partial charge < -0.3 is 21.7 Å². The van der Waals surface area contributed by atoms with Crippen LogP contribution in [0.2, 0.25) is 5.02 Å². The summed E-state index contributed by atoms with van der Waals surface area (Å²) in [4.78, 5) is 35.0. The molecule has 0 unspecified atom stereocenters. The molecule has 9 heteroatoms. The number of nitrogens with two attached hydrogens (primary N) is 1. The van der Waals surface area contributed by atoms with Gasteiger partial charge in [0.15, 0.2) is 0 Å². The van der Waals surface area contributed by atoms with E-state index in [1.165, 1.54) is 19.2 Å². The summed E-state index contributed by atoms with van der Waals surface area (Å²) in [5, 5.41) is 7.72. The van der Waals surface area contributed by atoms with Gasteiger partial charge in [-0.2, -0.15) is 0 Å². The van der Waals surface area contributed by atoms with Crippen LogP contribution >= 0.6 is 24.0 Å². The predicted octanol–water partition coefficient (Wildman–Crippen LogP) is 1.16. The van der Waals surface area contributed by atoms with Crippen molar-refractivity contribution in [3.05, 3.63) is 28.8 Å². The fourth-order valence-corrected chi connectivity index (χ4v) is 1.97. The van der Waals surface area contributed by atoms with Crippen molar-refractivity contribution in [2.75, 3.05) is 18.9 Å². The lowest BCUT2D eigenvalue weighted by atomic mass is 10.1. The molecule has 0 aliphatic rings. The highest BCUT2D eigenvalue weighted by atomic mass is 35.5. The fourth-order valence-electron chi connectivity index (χ4n) is 1.70. The van der Waals surface area contributed by atoms with Crippen LogP contribution in [0.5, 0.6) is 0 Å². The Morgan fingerprint density at radius 3 is 2.38 bits per heavy atom. The molecule has 0 aromatic heterocycles. The van der Waals surface area contributed by atoms with Crippen LogP contribution in [0.25, 0.3) is 0 Å². The molecule has 24 heavy (non-hydrogen) atoms. The molecule has 0 saturated carbocycles. The zero-order valence-electron chi connectivity index (χ0n) is 13.7. The number of carbonyl (C=O) groups is 3. The summed E-state index contributed by atoms with van der Waals surface area (Å²) in [7, 11) is 1.50. The number of halogens is 2. The number of amides is 3. The first-order valence-electron chi connectivity index (χ1n) is 7.11. The molecule has 0 spiro atoms. The second-order valence-electron chi connectivity index (χ2n) is 5.31. The summed E-state index contributed by atoms with van der Waals surface area (Å²) in [5.74, 6) is -1.14. The molecule has 0 heterocycles. The standard InChI is InChI=1S/C15H21ClN4O3.ClH/c1-8(2)13(17)15(23)19-7-12(21)20-9-4-5-10(11(16)6-9)14(22)18-3;/h4-6,8,13H,7,17H2,1-3H3,(H,18,22)(H,19,23)(H,20,21);1H/t13-;/m0./s1. The van der Waals surface area contributed by atoms with E-state index >= 15 is 0 Å². The van der Waals surface area contributed by atoms with Gasteiger partial charge in [0.2, 0.25) is 11.8 Å². The van der Waals surface area contributed by atoms with Gasteiger partial charge in [0.1, 0.15) is 0 Å². The molecule has 0 aliphatic carbocycles. The van der Waals surface area contributed by atoms with Crippen molar-refractivity contribution in [1.29, 1.82) is 0 Å². The van der Waals surface area contributed by atoms with Gasteiger partial charge in [-0.3, -0.25) is 14.4 Å². The minimum atomic E-state index is -0.663. The lowest BCUT2D eigenvalue weighted by Gasteiger charge is -2.15. The minimum Gasteiger partial charge on any atom is -0.355 e. The summed E-state index contributed by atoms with van der Waals surface area (Å²) in [6.45, 7) is 3.44. The van der Waals surface area contributed by atoms with Crippen molar-refractivity contribution in [2.24, 2.45) is 11.7 Å². The third-order valence-corrected chi connectivity index (χ3v) is 3.48. The van der Waals surface area contributed by atoms with Crippen LogP contribution in [0, 0.1) is 5.92 Å². The number of nitrogens with one attached hydrogen (secondary N) is 3. The zero-order valence-corrected chi connectivity index (χ0v) is 15.3. The number of benzene rings is 1. The Bertz CT molecular complexity index is 608. The molecular formula is C15H22Cl2N4O3. The molecule has 7 nitrogen and oxygen atoms in total. The van der Waals surface area contributed by atoms with Gasteiger partial charge >= 0.3 is 0 Å². The Morgan fingerprint density at radius 1 is 1.25 bits per heavy atom. The van der Waals surface area contributed by atoms with Crippen molar-refractivity contribution in [1.82, 2.24) is 10.6 Å².